The first-order valence-corrected chi connectivity index (χ1v) is 10.8. The van der Waals surface area contributed by atoms with Gasteiger partial charge in [0.15, 0.2) is 0 Å². The predicted octanol–water partition coefficient (Wildman–Crippen LogP) is 4.12. The van der Waals surface area contributed by atoms with Crippen LogP contribution in [0.25, 0.3) is 22.2 Å². The van der Waals surface area contributed by atoms with Crippen LogP contribution < -0.4 is 0 Å². The minimum atomic E-state index is 0.0242. The van der Waals surface area contributed by atoms with Crippen molar-refractivity contribution in [1.29, 1.82) is 0 Å². The van der Waals surface area contributed by atoms with Crippen molar-refractivity contribution in [3.05, 3.63) is 77.9 Å². The average Bonchev–Trinajstić information content (AvgIpc) is 2.85. The number of aryl methyl sites for hydroxylation is 2. The number of fused-ring (bicyclic) bond motifs is 1. The normalized spacial score (nSPS) is 16.3. The Labute approximate surface area is 186 Å². The molecule has 1 amide bonds. The molecule has 0 spiro atoms. The fraction of sp³-hybridized carbons (Fsp3) is 0.280. The van der Waals surface area contributed by atoms with Crippen molar-refractivity contribution in [3.63, 3.8) is 0 Å². The van der Waals surface area contributed by atoms with Crippen LogP contribution in [0.15, 0.2) is 55.2 Å². The van der Waals surface area contributed by atoms with E-state index in [0.29, 0.717) is 12.1 Å². The van der Waals surface area contributed by atoms with Crippen LogP contribution in [0.4, 0.5) is 0 Å². The lowest BCUT2D eigenvalue weighted by Crippen LogP contribution is -2.39. The van der Waals surface area contributed by atoms with Gasteiger partial charge >= 0.3 is 0 Å². The van der Waals surface area contributed by atoms with E-state index in [2.05, 4.69) is 24.9 Å². The van der Waals surface area contributed by atoms with E-state index in [0.717, 1.165) is 58.6 Å². The average molecular weight is 425 g/mol. The molecular weight excluding hydrogens is 400 g/mol. The second-order valence-electron chi connectivity index (χ2n) is 8.25. The Morgan fingerprint density at radius 2 is 1.78 bits per heavy atom. The van der Waals surface area contributed by atoms with Crippen LogP contribution in [-0.2, 0) is 0 Å². The Bertz CT molecular complexity index is 1290. The third kappa shape index (κ3) is 3.82. The summed E-state index contributed by atoms with van der Waals surface area (Å²) in [6.45, 7) is 5.25. The van der Waals surface area contributed by atoms with E-state index in [1.165, 1.54) is 0 Å². The maximum absolute atomic E-state index is 13.4. The van der Waals surface area contributed by atoms with Gasteiger partial charge in [0.1, 0.15) is 6.33 Å². The van der Waals surface area contributed by atoms with Gasteiger partial charge in [-0.2, -0.15) is 0 Å². The lowest BCUT2D eigenvalue weighted by atomic mass is 9.90. The minimum absolute atomic E-state index is 0.0242. The molecule has 5 rings (SSSR count). The molecule has 4 heterocycles. The van der Waals surface area contributed by atoms with E-state index in [4.69, 9.17) is 0 Å². The van der Waals surface area contributed by atoms with E-state index in [1.54, 1.807) is 18.7 Å². The van der Waals surface area contributed by atoms with Gasteiger partial charge in [-0.25, -0.2) is 19.9 Å². The van der Waals surface area contributed by atoms with Crippen molar-refractivity contribution in [2.24, 2.45) is 0 Å². The smallest absolute Gasteiger partial charge is 0.253 e. The zero-order valence-electron chi connectivity index (χ0n) is 18.2. The molecule has 0 radical (unpaired) electrons. The zero-order valence-corrected chi connectivity index (χ0v) is 18.2. The molecule has 0 N–H and O–H groups in total. The summed E-state index contributed by atoms with van der Waals surface area (Å²) in [6.07, 6.45) is 8.91. The van der Waals surface area contributed by atoms with Crippen molar-refractivity contribution in [2.45, 2.75) is 32.6 Å². The SMILES string of the molecule is Cc1nc2ccc(C(=O)N3CCC[C@H](c4ncncc4-c4ccncc4)C3)cc2nc1C. The Kier molecular flexibility index (Phi) is 5.31. The molecule has 1 aliphatic heterocycles. The summed E-state index contributed by atoms with van der Waals surface area (Å²) in [4.78, 5) is 37.4. The van der Waals surface area contributed by atoms with E-state index in [-0.39, 0.29) is 11.8 Å². The van der Waals surface area contributed by atoms with Gasteiger partial charge in [0, 0.05) is 48.7 Å². The van der Waals surface area contributed by atoms with E-state index < -0.39 is 0 Å². The molecule has 0 aliphatic carbocycles. The number of piperidine rings is 1. The molecule has 0 bridgehead atoms. The Morgan fingerprint density at radius 3 is 2.59 bits per heavy atom. The summed E-state index contributed by atoms with van der Waals surface area (Å²) < 4.78 is 0. The number of carbonyl (C=O) groups excluding carboxylic acids is 1. The van der Waals surface area contributed by atoms with E-state index in [1.807, 2.05) is 55.3 Å². The second kappa shape index (κ2) is 8.42. The number of amides is 1. The number of rotatable bonds is 3. The molecule has 7 heteroatoms. The summed E-state index contributed by atoms with van der Waals surface area (Å²) >= 11 is 0. The van der Waals surface area contributed by atoms with Gasteiger partial charge in [-0.15, -0.1) is 0 Å². The van der Waals surface area contributed by atoms with Crippen LogP contribution in [0.3, 0.4) is 0 Å². The lowest BCUT2D eigenvalue weighted by Gasteiger charge is -2.33. The molecule has 32 heavy (non-hydrogen) atoms. The van der Waals surface area contributed by atoms with Gasteiger partial charge in [-0.1, -0.05) is 0 Å². The zero-order chi connectivity index (χ0) is 22.1. The highest BCUT2D eigenvalue weighted by Crippen LogP contribution is 2.33. The number of hydrogen-bond acceptors (Lipinski definition) is 6. The Balaban J connectivity index is 1.42. The summed E-state index contributed by atoms with van der Waals surface area (Å²) in [5.41, 5.74) is 7.02. The highest BCUT2D eigenvalue weighted by molar-refractivity contribution is 5.97. The van der Waals surface area contributed by atoms with E-state index >= 15 is 0 Å². The predicted molar refractivity (Wildman–Crippen MR) is 122 cm³/mol. The van der Waals surface area contributed by atoms with Gasteiger partial charge in [0.05, 0.1) is 28.1 Å². The highest BCUT2D eigenvalue weighted by atomic mass is 16.2. The molecule has 1 aliphatic rings. The van der Waals surface area contributed by atoms with Crippen LogP contribution in [0.1, 0.15) is 46.2 Å². The van der Waals surface area contributed by atoms with Gasteiger partial charge in [0.2, 0.25) is 0 Å². The maximum atomic E-state index is 13.4. The van der Waals surface area contributed by atoms with Gasteiger partial charge in [0.25, 0.3) is 5.91 Å². The third-order valence-electron chi connectivity index (χ3n) is 6.15. The number of nitrogens with zero attached hydrogens (tertiary/aromatic N) is 6. The third-order valence-corrected chi connectivity index (χ3v) is 6.15. The van der Waals surface area contributed by atoms with Crippen LogP contribution in [-0.4, -0.2) is 48.8 Å². The standard InChI is InChI=1S/C25H24N6O/c1-16-17(2)30-23-12-19(5-6-22(23)29-16)25(32)31-11-3-4-20(14-31)24-21(13-27-15-28-24)18-7-9-26-10-8-18/h5-10,12-13,15,20H,3-4,11,14H2,1-2H3/t20-/m0/s1. The molecule has 1 fully saturated rings. The fourth-order valence-corrected chi connectivity index (χ4v) is 4.35. The maximum Gasteiger partial charge on any atom is 0.253 e. The molecule has 1 saturated heterocycles. The first-order valence-electron chi connectivity index (χ1n) is 10.8. The summed E-state index contributed by atoms with van der Waals surface area (Å²) in [6, 6.07) is 9.52. The van der Waals surface area contributed by atoms with Crippen LogP contribution in [0.2, 0.25) is 0 Å². The molecule has 3 aromatic heterocycles. The quantitative estimate of drug-likeness (QED) is 0.492. The van der Waals surface area contributed by atoms with E-state index in [9.17, 15) is 4.79 Å². The largest absolute Gasteiger partial charge is 0.338 e. The minimum Gasteiger partial charge on any atom is -0.338 e. The lowest BCUT2D eigenvalue weighted by molar-refractivity contribution is 0.0706. The number of carbonyl (C=O) groups is 1. The Hall–Kier alpha value is -3.74. The molecule has 7 nitrogen and oxygen atoms in total. The van der Waals surface area contributed by atoms with Gasteiger partial charge < -0.3 is 4.90 Å². The summed E-state index contributed by atoms with van der Waals surface area (Å²) in [5, 5.41) is 0. The fourth-order valence-electron chi connectivity index (χ4n) is 4.35. The Morgan fingerprint density at radius 1 is 1.00 bits per heavy atom. The van der Waals surface area contributed by atoms with Crippen LogP contribution in [0.5, 0.6) is 0 Å². The highest BCUT2D eigenvalue weighted by Gasteiger charge is 2.28. The van der Waals surface area contributed by atoms with Gasteiger partial charge in [-0.05, 0) is 62.6 Å². The van der Waals surface area contributed by atoms with Crippen molar-refractivity contribution < 1.29 is 4.79 Å². The van der Waals surface area contributed by atoms with Crippen LogP contribution in [0, 0.1) is 13.8 Å². The number of aromatic nitrogens is 5. The van der Waals surface area contributed by atoms with Crippen molar-refractivity contribution in [2.75, 3.05) is 13.1 Å². The number of benzene rings is 1. The molecule has 160 valence electrons. The topological polar surface area (TPSA) is 84.8 Å². The number of likely N-dealkylation sites (tertiary alicyclic amines) is 1. The molecular formula is C25H24N6O. The van der Waals surface area contributed by atoms with Crippen LogP contribution >= 0.6 is 0 Å². The summed E-state index contributed by atoms with van der Waals surface area (Å²) in [5.74, 6) is 0.181. The number of pyridine rings is 1. The van der Waals surface area contributed by atoms with Crippen molar-refractivity contribution in [1.82, 2.24) is 29.8 Å². The number of hydrogen-bond donors (Lipinski definition) is 0. The first kappa shape index (κ1) is 20.2. The first-order chi connectivity index (χ1) is 15.6. The molecule has 1 aromatic carbocycles. The summed E-state index contributed by atoms with van der Waals surface area (Å²) in [7, 11) is 0. The molecule has 0 unspecified atom stereocenters. The molecule has 1 atom stereocenters. The van der Waals surface area contributed by atoms with Crippen molar-refractivity contribution >= 4 is 16.9 Å². The second-order valence-corrected chi connectivity index (χ2v) is 8.25. The monoisotopic (exact) mass is 424 g/mol. The molecule has 4 aromatic rings. The molecule has 0 saturated carbocycles. The van der Waals surface area contributed by atoms with Gasteiger partial charge in [-0.3, -0.25) is 9.78 Å². The van der Waals surface area contributed by atoms with Crippen molar-refractivity contribution in [3.8, 4) is 11.1 Å².